The molecule has 0 radical (unpaired) electrons. The Morgan fingerprint density at radius 3 is 2.78 bits per heavy atom. The van der Waals surface area contributed by atoms with E-state index < -0.39 is 0 Å². The molecule has 3 heteroatoms. The summed E-state index contributed by atoms with van der Waals surface area (Å²) in [5, 5.41) is 5.80. The number of unbranched alkanes of at least 4 members (excludes halogenated alkanes) is 1. The minimum Gasteiger partial charge on any atom is -0.314 e. The smallest absolute Gasteiger partial charge is 0.0330 e. The van der Waals surface area contributed by atoms with Crippen LogP contribution < -0.4 is 5.32 Å². The highest BCUT2D eigenvalue weighted by atomic mass is 32.1. The van der Waals surface area contributed by atoms with Gasteiger partial charge in [0.2, 0.25) is 0 Å². The number of rotatable bonds is 9. The van der Waals surface area contributed by atoms with Crippen LogP contribution in [0.4, 0.5) is 0 Å². The van der Waals surface area contributed by atoms with Crippen LogP contribution in [0.25, 0.3) is 0 Å². The first-order chi connectivity index (χ1) is 8.92. The summed E-state index contributed by atoms with van der Waals surface area (Å²) >= 11 is 1.90. The van der Waals surface area contributed by atoms with Gasteiger partial charge in [0.1, 0.15) is 0 Å². The van der Waals surface area contributed by atoms with Gasteiger partial charge in [-0.15, -0.1) is 11.3 Å². The number of nitrogens with zero attached hydrogens (tertiary/aromatic N) is 1. The van der Waals surface area contributed by atoms with Crippen molar-refractivity contribution in [3.63, 3.8) is 0 Å². The Labute approximate surface area is 114 Å². The molecule has 0 aromatic carbocycles. The van der Waals surface area contributed by atoms with Gasteiger partial charge >= 0.3 is 0 Å². The van der Waals surface area contributed by atoms with E-state index in [4.69, 9.17) is 0 Å². The van der Waals surface area contributed by atoms with Gasteiger partial charge in [0.05, 0.1) is 0 Å². The molecule has 2 saturated carbocycles. The predicted molar refractivity (Wildman–Crippen MR) is 78.0 cm³/mol. The van der Waals surface area contributed by atoms with Crippen LogP contribution in [-0.2, 0) is 6.54 Å². The van der Waals surface area contributed by atoms with Crippen molar-refractivity contribution in [2.24, 2.45) is 0 Å². The molecule has 1 aromatic rings. The van der Waals surface area contributed by atoms with Crippen molar-refractivity contribution < 1.29 is 0 Å². The van der Waals surface area contributed by atoms with Crippen LogP contribution in [-0.4, -0.2) is 30.1 Å². The van der Waals surface area contributed by atoms with Gasteiger partial charge in [-0.05, 0) is 63.1 Å². The van der Waals surface area contributed by atoms with E-state index in [2.05, 4.69) is 27.7 Å². The van der Waals surface area contributed by atoms with Gasteiger partial charge in [-0.1, -0.05) is 6.07 Å². The standard InChI is InChI=1S/C15H24N2S/c1(9-16-13-5-6-13)2-10-17(14-7-8-14)12-15-4-3-11-18-15/h3-4,11,13-14,16H,1-2,5-10,12H2. The van der Waals surface area contributed by atoms with E-state index in [1.54, 1.807) is 0 Å². The summed E-state index contributed by atoms with van der Waals surface area (Å²) in [7, 11) is 0. The highest BCUT2D eigenvalue weighted by Gasteiger charge is 2.28. The van der Waals surface area contributed by atoms with Crippen molar-refractivity contribution in [3.05, 3.63) is 22.4 Å². The molecule has 1 N–H and O–H groups in total. The van der Waals surface area contributed by atoms with Crippen LogP contribution in [0.15, 0.2) is 17.5 Å². The minimum atomic E-state index is 0.871. The number of hydrogen-bond acceptors (Lipinski definition) is 3. The predicted octanol–water partition coefficient (Wildman–Crippen LogP) is 3.24. The third-order valence-electron chi connectivity index (χ3n) is 3.88. The lowest BCUT2D eigenvalue weighted by Gasteiger charge is -2.21. The molecular formula is C15H24N2S. The second kappa shape index (κ2) is 6.18. The molecule has 0 saturated heterocycles. The molecule has 0 bridgehead atoms. The molecule has 18 heavy (non-hydrogen) atoms. The first-order valence-corrected chi connectivity index (χ1v) is 8.29. The van der Waals surface area contributed by atoms with Crippen molar-refractivity contribution in [1.29, 1.82) is 0 Å². The summed E-state index contributed by atoms with van der Waals surface area (Å²) in [6.07, 6.45) is 8.35. The second-order valence-electron chi connectivity index (χ2n) is 5.72. The topological polar surface area (TPSA) is 15.3 Å². The molecule has 0 aliphatic heterocycles. The lowest BCUT2D eigenvalue weighted by molar-refractivity contribution is 0.251. The summed E-state index contributed by atoms with van der Waals surface area (Å²) in [5.74, 6) is 0. The van der Waals surface area contributed by atoms with Crippen LogP contribution in [0.3, 0.4) is 0 Å². The Bertz CT molecular complexity index is 341. The number of hydrogen-bond donors (Lipinski definition) is 1. The maximum atomic E-state index is 3.60. The minimum absolute atomic E-state index is 0.871. The molecule has 3 rings (SSSR count). The van der Waals surface area contributed by atoms with Crippen molar-refractivity contribution in [3.8, 4) is 0 Å². The van der Waals surface area contributed by atoms with E-state index in [1.165, 1.54) is 63.0 Å². The molecule has 2 nitrogen and oxygen atoms in total. The fourth-order valence-corrected chi connectivity index (χ4v) is 3.20. The third kappa shape index (κ3) is 4.08. The molecule has 2 aliphatic rings. The fraction of sp³-hybridized carbons (Fsp3) is 0.733. The van der Waals surface area contributed by atoms with E-state index >= 15 is 0 Å². The molecule has 0 unspecified atom stereocenters. The average Bonchev–Trinajstić information content (AvgIpc) is 3.29. The van der Waals surface area contributed by atoms with Crippen LogP contribution in [0.5, 0.6) is 0 Å². The fourth-order valence-electron chi connectivity index (χ4n) is 2.47. The van der Waals surface area contributed by atoms with Gasteiger partial charge in [-0.2, -0.15) is 0 Å². The number of thiophene rings is 1. The lowest BCUT2D eigenvalue weighted by atomic mass is 10.2. The molecule has 1 heterocycles. The first kappa shape index (κ1) is 12.6. The molecular weight excluding hydrogens is 240 g/mol. The van der Waals surface area contributed by atoms with Crippen molar-refractivity contribution in [2.75, 3.05) is 13.1 Å². The largest absolute Gasteiger partial charge is 0.314 e. The van der Waals surface area contributed by atoms with Crippen LogP contribution in [0, 0.1) is 0 Å². The van der Waals surface area contributed by atoms with Gasteiger partial charge in [-0.3, -0.25) is 4.90 Å². The maximum absolute atomic E-state index is 3.60. The van der Waals surface area contributed by atoms with Gasteiger partial charge in [0.15, 0.2) is 0 Å². The van der Waals surface area contributed by atoms with Gasteiger partial charge in [0, 0.05) is 23.5 Å². The quantitative estimate of drug-likeness (QED) is 0.689. The Morgan fingerprint density at radius 2 is 2.11 bits per heavy atom. The highest BCUT2D eigenvalue weighted by Crippen LogP contribution is 2.29. The van der Waals surface area contributed by atoms with E-state index in [-0.39, 0.29) is 0 Å². The zero-order chi connectivity index (χ0) is 12.2. The summed E-state index contributed by atoms with van der Waals surface area (Å²) in [4.78, 5) is 4.22. The molecule has 2 aliphatic carbocycles. The summed E-state index contributed by atoms with van der Waals surface area (Å²) in [6, 6.07) is 6.21. The Hall–Kier alpha value is -0.380. The zero-order valence-corrected chi connectivity index (χ0v) is 11.9. The van der Waals surface area contributed by atoms with E-state index in [0.29, 0.717) is 0 Å². The van der Waals surface area contributed by atoms with Crippen molar-refractivity contribution in [1.82, 2.24) is 10.2 Å². The summed E-state index contributed by atoms with van der Waals surface area (Å²) < 4.78 is 0. The second-order valence-corrected chi connectivity index (χ2v) is 6.75. The molecule has 100 valence electrons. The van der Waals surface area contributed by atoms with Crippen molar-refractivity contribution in [2.45, 2.75) is 57.2 Å². The van der Waals surface area contributed by atoms with Gasteiger partial charge in [-0.25, -0.2) is 0 Å². The zero-order valence-electron chi connectivity index (χ0n) is 11.1. The Kier molecular flexibility index (Phi) is 4.34. The maximum Gasteiger partial charge on any atom is 0.0330 e. The highest BCUT2D eigenvalue weighted by molar-refractivity contribution is 7.09. The first-order valence-electron chi connectivity index (χ1n) is 7.41. The van der Waals surface area contributed by atoms with Crippen LogP contribution in [0.1, 0.15) is 43.4 Å². The van der Waals surface area contributed by atoms with Crippen LogP contribution >= 0.6 is 11.3 Å². The molecule has 0 amide bonds. The Balaban J connectivity index is 1.34. The van der Waals surface area contributed by atoms with E-state index in [1.807, 2.05) is 11.3 Å². The lowest BCUT2D eigenvalue weighted by Crippen LogP contribution is -2.27. The third-order valence-corrected chi connectivity index (χ3v) is 4.75. The molecule has 0 spiro atoms. The van der Waals surface area contributed by atoms with E-state index in [0.717, 1.165) is 12.1 Å². The monoisotopic (exact) mass is 264 g/mol. The molecule has 0 atom stereocenters. The normalized spacial score (nSPS) is 19.6. The van der Waals surface area contributed by atoms with Crippen LogP contribution in [0.2, 0.25) is 0 Å². The SMILES string of the molecule is c1csc(CN(CCCCNC2CC2)C2CC2)c1. The van der Waals surface area contributed by atoms with Crippen molar-refractivity contribution >= 4 is 11.3 Å². The molecule has 1 aromatic heterocycles. The Morgan fingerprint density at radius 1 is 1.22 bits per heavy atom. The van der Waals surface area contributed by atoms with Gasteiger partial charge < -0.3 is 5.32 Å². The van der Waals surface area contributed by atoms with Gasteiger partial charge in [0.25, 0.3) is 0 Å². The number of nitrogens with one attached hydrogen (secondary N) is 1. The van der Waals surface area contributed by atoms with E-state index in [9.17, 15) is 0 Å². The summed E-state index contributed by atoms with van der Waals surface area (Å²) in [6.45, 7) is 3.69. The average molecular weight is 264 g/mol. The summed E-state index contributed by atoms with van der Waals surface area (Å²) in [5.41, 5.74) is 0. The molecule has 2 fully saturated rings.